The van der Waals surface area contributed by atoms with Crippen LogP contribution in [0.5, 0.6) is 0 Å². The Kier molecular flexibility index (Phi) is 7.12. The summed E-state index contributed by atoms with van der Waals surface area (Å²) in [5.41, 5.74) is 0. The fourth-order valence-electron chi connectivity index (χ4n) is 3.64. The van der Waals surface area contributed by atoms with Gasteiger partial charge in [0.05, 0.1) is 6.61 Å². The van der Waals surface area contributed by atoms with Gasteiger partial charge in [-0.05, 0) is 32.2 Å². The van der Waals surface area contributed by atoms with Gasteiger partial charge in [-0.15, -0.1) is 0 Å². The monoisotopic (exact) mass is 311 g/mol. The first kappa shape index (κ1) is 17.7. The van der Waals surface area contributed by atoms with E-state index in [4.69, 9.17) is 0 Å². The fourth-order valence-corrected chi connectivity index (χ4v) is 3.64. The highest BCUT2D eigenvalue weighted by atomic mass is 16.3. The van der Waals surface area contributed by atoms with E-state index >= 15 is 0 Å². The minimum Gasteiger partial charge on any atom is -0.395 e. The molecule has 0 aromatic carbocycles. The third-order valence-corrected chi connectivity index (χ3v) is 5.09. The number of amides is 1. The number of hydrogen-bond donors (Lipinski definition) is 2. The van der Waals surface area contributed by atoms with Crippen LogP contribution in [-0.4, -0.2) is 72.2 Å². The summed E-state index contributed by atoms with van der Waals surface area (Å²) in [6.45, 7) is 9.14. The van der Waals surface area contributed by atoms with Gasteiger partial charge < -0.3 is 15.3 Å². The summed E-state index contributed by atoms with van der Waals surface area (Å²) in [5.74, 6) is 0.400. The van der Waals surface area contributed by atoms with Gasteiger partial charge in [0.2, 0.25) is 5.91 Å². The highest BCUT2D eigenvalue weighted by molar-refractivity contribution is 5.78. The average Bonchev–Trinajstić information content (AvgIpc) is 2.55. The van der Waals surface area contributed by atoms with Gasteiger partial charge in [-0.2, -0.15) is 0 Å². The molecular formula is C17H33N3O2. The van der Waals surface area contributed by atoms with Crippen molar-refractivity contribution in [2.75, 3.05) is 39.3 Å². The molecule has 1 amide bonds. The number of nitrogens with zero attached hydrogens (tertiary/aromatic N) is 2. The molecule has 0 aliphatic carbocycles. The Morgan fingerprint density at radius 2 is 1.91 bits per heavy atom. The van der Waals surface area contributed by atoms with Crippen LogP contribution in [0.4, 0.5) is 0 Å². The molecule has 2 rings (SSSR count). The van der Waals surface area contributed by atoms with Crippen LogP contribution in [-0.2, 0) is 4.79 Å². The molecule has 0 aromatic heterocycles. The Morgan fingerprint density at radius 3 is 2.55 bits per heavy atom. The van der Waals surface area contributed by atoms with Gasteiger partial charge >= 0.3 is 0 Å². The summed E-state index contributed by atoms with van der Waals surface area (Å²) in [4.78, 5) is 16.4. The zero-order valence-electron chi connectivity index (χ0n) is 14.3. The van der Waals surface area contributed by atoms with Crippen LogP contribution >= 0.6 is 0 Å². The molecule has 0 unspecified atom stereocenters. The normalized spacial score (nSPS) is 24.9. The van der Waals surface area contributed by atoms with Crippen molar-refractivity contribution >= 4 is 5.91 Å². The maximum absolute atomic E-state index is 12.0. The standard InChI is InChI=1S/C17H33N3O2/c1-14(2)17(22)20-10-6-15(7-11-20)18-8-12-19-9-4-3-5-16(19)13-21/h14-16,18,21H,3-13H2,1-2H3/t16-/m0/s1. The van der Waals surface area contributed by atoms with Crippen LogP contribution in [0.15, 0.2) is 0 Å². The maximum atomic E-state index is 12.0. The SMILES string of the molecule is CC(C)C(=O)N1CCC(NCCN2CCCC[C@H]2CO)CC1. The topological polar surface area (TPSA) is 55.8 Å². The van der Waals surface area contributed by atoms with Crippen LogP contribution in [0.2, 0.25) is 0 Å². The lowest BCUT2D eigenvalue weighted by Crippen LogP contribution is -2.49. The molecule has 2 saturated heterocycles. The van der Waals surface area contributed by atoms with E-state index in [1.165, 1.54) is 12.8 Å². The number of nitrogens with one attached hydrogen (secondary N) is 1. The van der Waals surface area contributed by atoms with Gasteiger partial charge in [-0.3, -0.25) is 9.69 Å². The minimum atomic E-state index is 0.110. The molecule has 2 aliphatic rings. The molecule has 2 N–H and O–H groups in total. The lowest BCUT2D eigenvalue weighted by atomic mass is 10.0. The Labute approximate surface area is 135 Å². The highest BCUT2D eigenvalue weighted by Crippen LogP contribution is 2.16. The van der Waals surface area contributed by atoms with Crippen molar-refractivity contribution in [3.63, 3.8) is 0 Å². The van der Waals surface area contributed by atoms with E-state index in [-0.39, 0.29) is 18.4 Å². The number of aliphatic hydroxyl groups is 1. The number of carbonyl (C=O) groups is 1. The number of hydrogen-bond acceptors (Lipinski definition) is 4. The summed E-state index contributed by atoms with van der Waals surface area (Å²) in [5, 5.41) is 13.1. The van der Waals surface area contributed by atoms with E-state index in [1.807, 2.05) is 18.7 Å². The minimum absolute atomic E-state index is 0.110. The molecule has 0 aromatic rings. The Morgan fingerprint density at radius 1 is 1.18 bits per heavy atom. The third-order valence-electron chi connectivity index (χ3n) is 5.09. The fraction of sp³-hybridized carbons (Fsp3) is 0.941. The number of carbonyl (C=O) groups excluding carboxylic acids is 1. The van der Waals surface area contributed by atoms with E-state index in [1.54, 1.807) is 0 Å². The second-order valence-electron chi connectivity index (χ2n) is 7.08. The predicted molar refractivity (Wildman–Crippen MR) is 88.7 cm³/mol. The van der Waals surface area contributed by atoms with Crippen molar-refractivity contribution < 1.29 is 9.90 Å². The van der Waals surface area contributed by atoms with Gasteiger partial charge in [-0.1, -0.05) is 20.3 Å². The van der Waals surface area contributed by atoms with Crippen LogP contribution in [0.3, 0.4) is 0 Å². The van der Waals surface area contributed by atoms with Crippen molar-refractivity contribution in [2.24, 2.45) is 5.92 Å². The van der Waals surface area contributed by atoms with E-state index in [9.17, 15) is 9.90 Å². The average molecular weight is 311 g/mol. The van der Waals surface area contributed by atoms with Crippen LogP contribution < -0.4 is 5.32 Å². The zero-order chi connectivity index (χ0) is 15.9. The molecular weight excluding hydrogens is 278 g/mol. The highest BCUT2D eigenvalue weighted by Gasteiger charge is 2.25. The second kappa shape index (κ2) is 8.85. The molecule has 0 radical (unpaired) electrons. The van der Waals surface area contributed by atoms with Gasteiger partial charge in [-0.25, -0.2) is 0 Å². The van der Waals surface area contributed by atoms with E-state index in [2.05, 4.69) is 10.2 Å². The van der Waals surface area contributed by atoms with Gasteiger partial charge in [0.15, 0.2) is 0 Å². The number of likely N-dealkylation sites (tertiary alicyclic amines) is 2. The molecule has 1 atom stereocenters. The zero-order valence-corrected chi connectivity index (χ0v) is 14.3. The van der Waals surface area contributed by atoms with E-state index in [0.717, 1.165) is 52.0 Å². The number of aliphatic hydroxyl groups excluding tert-OH is 1. The molecule has 0 spiro atoms. The third kappa shape index (κ3) is 4.93. The molecule has 2 aliphatic heterocycles. The molecule has 5 nitrogen and oxygen atoms in total. The van der Waals surface area contributed by atoms with Gasteiger partial charge in [0.25, 0.3) is 0 Å². The lowest BCUT2D eigenvalue weighted by Gasteiger charge is -2.36. The van der Waals surface area contributed by atoms with Crippen molar-refractivity contribution in [3.05, 3.63) is 0 Å². The van der Waals surface area contributed by atoms with Crippen LogP contribution in [0.1, 0.15) is 46.0 Å². The van der Waals surface area contributed by atoms with E-state index < -0.39 is 0 Å². The molecule has 22 heavy (non-hydrogen) atoms. The summed E-state index contributed by atoms with van der Waals surface area (Å²) >= 11 is 0. The molecule has 2 heterocycles. The molecule has 5 heteroatoms. The molecule has 0 bridgehead atoms. The van der Waals surface area contributed by atoms with Crippen molar-refractivity contribution in [3.8, 4) is 0 Å². The summed E-state index contributed by atoms with van der Waals surface area (Å²) < 4.78 is 0. The maximum Gasteiger partial charge on any atom is 0.225 e. The van der Waals surface area contributed by atoms with Gasteiger partial charge in [0.1, 0.15) is 0 Å². The van der Waals surface area contributed by atoms with Crippen molar-refractivity contribution in [1.29, 1.82) is 0 Å². The smallest absolute Gasteiger partial charge is 0.225 e. The Hall–Kier alpha value is -0.650. The summed E-state index contributed by atoms with van der Waals surface area (Å²) in [6.07, 6.45) is 5.75. The number of piperidine rings is 2. The summed E-state index contributed by atoms with van der Waals surface area (Å²) in [6, 6.07) is 0.898. The molecule has 2 fully saturated rings. The first-order valence-electron chi connectivity index (χ1n) is 8.99. The Balaban J connectivity index is 1.63. The van der Waals surface area contributed by atoms with Crippen LogP contribution in [0.25, 0.3) is 0 Å². The van der Waals surface area contributed by atoms with Gasteiger partial charge in [0, 0.05) is 44.2 Å². The van der Waals surface area contributed by atoms with Crippen molar-refractivity contribution in [1.82, 2.24) is 15.1 Å². The number of rotatable bonds is 6. The summed E-state index contributed by atoms with van der Waals surface area (Å²) in [7, 11) is 0. The quantitative estimate of drug-likeness (QED) is 0.770. The van der Waals surface area contributed by atoms with Crippen LogP contribution in [0, 0.1) is 5.92 Å². The molecule has 128 valence electrons. The first-order valence-corrected chi connectivity index (χ1v) is 8.99. The largest absolute Gasteiger partial charge is 0.395 e. The van der Waals surface area contributed by atoms with Crippen molar-refractivity contribution in [2.45, 2.75) is 58.0 Å². The predicted octanol–water partition coefficient (Wildman–Crippen LogP) is 1.07. The van der Waals surface area contributed by atoms with E-state index in [0.29, 0.717) is 12.1 Å². The second-order valence-corrected chi connectivity index (χ2v) is 7.08. The lowest BCUT2D eigenvalue weighted by molar-refractivity contribution is -0.135. The molecule has 0 saturated carbocycles. The Bertz CT molecular complexity index is 341. The first-order chi connectivity index (χ1) is 10.6.